The van der Waals surface area contributed by atoms with Crippen LogP contribution in [0.4, 0.5) is 5.82 Å². The van der Waals surface area contributed by atoms with Crippen LogP contribution in [0.3, 0.4) is 0 Å². The molecule has 4 rings (SSSR count). The maximum atomic E-state index is 11.8. The zero-order valence-corrected chi connectivity index (χ0v) is 14.0. The van der Waals surface area contributed by atoms with Gasteiger partial charge in [0.2, 0.25) is 5.91 Å². The fraction of sp³-hybridized carbons (Fsp3) is 0.412. The summed E-state index contributed by atoms with van der Waals surface area (Å²) >= 11 is 0. The molecule has 2 aliphatic heterocycles. The second kappa shape index (κ2) is 6.29. The van der Waals surface area contributed by atoms with Crippen LogP contribution >= 0.6 is 0 Å². The number of carbonyl (C=O) groups excluding carboxylic acids is 2. The third-order valence-electron chi connectivity index (χ3n) is 4.62. The molecule has 1 aromatic heterocycles. The van der Waals surface area contributed by atoms with Crippen molar-refractivity contribution in [1.29, 1.82) is 0 Å². The van der Waals surface area contributed by atoms with Crippen molar-refractivity contribution in [2.75, 3.05) is 26.2 Å². The van der Waals surface area contributed by atoms with Crippen LogP contribution in [0.2, 0.25) is 0 Å². The number of carbonyl (C=O) groups is 2. The Bertz CT molecular complexity index is 894. The van der Waals surface area contributed by atoms with Crippen LogP contribution in [0.1, 0.15) is 29.5 Å². The molecule has 8 heteroatoms. The van der Waals surface area contributed by atoms with Gasteiger partial charge in [-0.25, -0.2) is 9.97 Å². The van der Waals surface area contributed by atoms with Crippen molar-refractivity contribution in [3.05, 3.63) is 29.6 Å². The quantitative estimate of drug-likeness (QED) is 0.834. The summed E-state index contributed by atoms with van der Waals surface area (Å²) in [5.41, 5.74) is 1.21. The molecule has 8 nitrogen and oxygen atoms in total. The van der Waals surface area contributed by atoms with Gasteiger partial charge in [-0.05, 0) is 18.6 Å². The van der Waals surface area contributed by atoms with E-state index in [0.717, 1.165) is 26.1 Å². The Labute approximate surface area is 144 Å². The molecule has 0 aliphatic carbocycles. The van der Waals surface area contributed by atoms with Gasteiger partial charge >= 0.3 is 0 Å². The summed E-state index contributed by atoms with van der Waals surface area (Å²) in [6.45, 7) is 5.37. The first-order valence-electron chi connectivity index (χ1n) is 8.35. The van der Waals surface area contributed by atoms with Gasteiger partial charge in [0.25, 0.3) is 5.91 Å². The number of hydrogen-bond acceptors (Lipinski definition) is 6. The molecule has 3 heterocycles. The van der Waals surface area contributed by atoms with E-state index in [1.807, 2.05) is 11.0 Å². The predicted octanol–water partition coefficient (Wildman–Crippen LogP) is 1.92. The highest BCUT2D eigenvalue weighted by Crippen LogP contribution is 2.31. The van der Waals surface area contributed by atoms with Gasteiger partial charge in [-0.2, -0.15) is 0 Å². The van der Waals surface area contributed by atoms with Crippen LogP contribution in [0.15, 0.2) is 28.4 Å². The Morgan fingerprint density at radius 2 is 2.00 bits per heavy atom. The van der Waals surface area contributed by atoms with Crippen LogP contribution in [-0.2, 0) is 11.3 Å². The number of azo groups is 1. The fourth-order valence-electron chi connectivity index (χ4n) is 3.32. The Balaban J connectivity index is 1.60. The van der Waals surface area contributed by atoms with Crippen molar-refractivity contribution in [1.82, 2.24) is 19.8 Å². The summed E-state index contributed by atoms with van der Waals surface area (Å²) in [6, 6.07) is 5.38. The lowest BCUT2D eigenvalue weighted by Gasteiger charge is -2.20. The van der Waals surface area contributed by atoms with Crippen LogP contribution in [0.25, 0.3) is 10.9 Å². The predicted molar refractivity (Wildman–Crippen MR) is 90.5 cm³/mol. The molecule has 2 aromatic rings. The molecule has 0 spiro atoms. The lowest BCUT2D eigenvalue weighted by molar-refractivity contribution is -0.128. The van der Waals surface area contributed by atoms with Gasteiger partial charge in [-0.1, -0.05) is 6.07 Å². The number of aromatic nitrogens is 2. The summed E-state index contributed by atoms with van der Waals surface area (Å²) in [4.78, 5) is 36.6. The summed E-state index contributed by atoms with van der Waals surface area (Å²) in [5, 5.41) is 8.29. The standard InChI is InChI=1S/C17H18N6O2/c1-11(24)23-7-3-6-22(8-9-23)10-14-18-13-5-2-4-12-15(13)16(19-14)20-21-17(12)25/h2,4-5H,3,6-10H2,1H3. The van der Waals surface area contributed by atoms with Gasteiger partial charge in [0.05, 0.1) is 23.0 Å². The number of nitrogens with zero attached hydrogens (tertiary/aromatic N) is 6. The Kier molecular flexibility index (Phi) is 3.96. The van der Waals surface area contributed by atoms with Crippen molar-refractivity contribution in [2.45, 2.75) is 19.9 Å². The lowest BCUT2D eigenvalue weighted by Crippen LogP contribution is -2.33. The van der Waals surface area contributed by atoms with E-state index in [1.165, 1.54) is 0 Å². The van der Waals surface area contributed by atoms with Crippen LogP contribution < -0.4 is 0 Å². The Hall–Kier alpha value is -2.74. The van der Waals surface area contributed by atoms with E-state index in [2.05, 4.69) is 25.1 Å². The monoisotopic (exact) mass is 338 g/mol. The molecule has 2 aliphatic rings. The lowest BCUT2D eigenvalue weighted by atomic mass is 10.1. The summed E-state index contributed by atoms with van der Waals surface area (Å²) < 4.78 is 0. The molecule has 128 valence electrons. The van der Waals surface area contributed by atoms with Gasteiger partial charge in [-0.3, -0.25) is 14.5 Å². The first-order valence-corrected chi connectivity index (χ1v) is 8.35. The van der Waals surface area contributed by atoms with Crippen molar-refractivity contribution >= 4 is 28.5 Å². The topological polar surface area (TPSA) is 91.1 Å². The molecule has 0 bridgehead atoms. The first kappa shape index (κ1) is 15.8. The fourth-order valence-corrected chi connectivity index (χ4v) is 3.32. The van der Waals surface area contributed by atoms with Crippen molar-refractivity contribution in [3.8, 4) is 0 Å². The second-order valence-electron chi connectivity index (χ2n) is 6.30. The molecule has 0 atom stereocenters. The number of benzene rings is 1. The molecular formula is C17H18N6O2. The molecule has 1 saturated heterocycles. The van der Waals surface area contributed by atoms with Crippen molar-refractivity contribution in [3.63, 3.8) is 0 Å². The van der Waals surface area contributed by atoms with Crippen LogP contribution in [-0.4, -0.2) is 57.8 Å². The summed E-state index contributed by atoms with van der Waals surface area (Å²) in [6.07, 6.45) is 0.929. The van der Waals surface area contributed by atoms with Gasteiger partial charge in [0, 0.05) is 33.1 Å². The average Bonchev–Trinajstić information content (AvgIpc) is 2.84. The van der Waals surface area contributed by atoms with E-state index >= 15 is 0 Å². The minimum absolute atomic E-state index is 0.117. The van der Waals surface area contributed by atoms with E-state index in [0.29, 0.717) is 41.2 Å². The van der Waals surface area contributed by atoms with E-state index in [1.54, 1.807) is 19.1 Å². The smallest absolute Gasteiger partial charge is 0.296 e. The van der Waals surface area contributed by atoms with E-state index < -0.39 is 0 Å². The molecule has 1 aromatic carbocycles. The maximum Gasteiger partial charge on any atom is 0.296 e. The van der Waals surface area contributed by atoms with Crippen LogP contribution in [0, 0.1) is 0 Å². The normalized spacial score (nSPS) is 17.8. The Morgan fingerprint density at radius 3 is 2.84 bits per heavy atom. The molecule has 25 heavy (non-hydrogen) atoms. The highest BCUT2D eigenvalue weighted by Gasteiger charge is 2.22. The Morgan fingerprint density at radius 1 is 1.12 bits per heavy atom. The minimum atomic E-state index is -0.355. The number of hydrogen-bond donors (Lipinski definition) is 0. The molecule has 0 unspecified atom stereocenters. The number of rotatable bonds is 2. The van der Waals surface area contributed by atoms with E-state index in [9.17, 15) is 9.59 Å². The molecule has 2 amide bonds. The van der Waals surface area contributed by atoms with Crippen LogP contribution in [0.5, 0.6) is 0 Å². The SMILES string of the molecule is CC(=O)N1CCCN(Cc2nc3c4c(cccc4n2)C(=O)N=N3)CC1. The molecule has 1 fully saturated rings. The number of amides is 2. The first-order chi connectivity index (χ1) is 12.1. The molecule has 0 radical (unpaired) electrons. The zero-order valence-electron chi connectivity index (χ0n) is 14.0. The van der Waals surface area contributed by atoms with E-state index in [4.69, 9.17) is 0 Å². The largest absolute Gasteiger partial charge is 0.342 e. The molecule has 0 N–H and O–H groups in total. The van der Waals surface area contributed by atoms with Gasteiger partial charge in [0.15, 0.2) is 5.82 Å². The zero-order chi connectivity index (χ0) is 17.4. The van der Waals surface area contributed by atoms with Crippen molar-refractivity contribution in [2.24, 2.45) is 10.2 Å². The summed E-state index contributed by atoms with van der Waals surface area (Å²) in [5.74, 6) is 0.872. The van der Waals surface area contributed by atoms with Gasteiger partial charge in [-0.15, -0.1) is 10.2 Å². The molecule has 0 saturated carbocycles. The average molecular weight is 338 g/mol. The third kappa shape index (κ3) is 3.00. The van der Waals surface area contributed by atoms with Gasteiger partial charge in [0.1, 0.15) is 5.82 Å². The highest BCUT2D eigenvalue weighted by atomic mass is 16.2. The molecular weight excluding hydrogens is 320 g/mol. The third-order valence-corrected chi connectivity index (χ3v) is 4.62. The minimum Gasteiger partial charge on any atom is -0.342 e. The maximum absolute atomic E-state index is 11.8. The summed E-state index contributed by atoms with van der Waals surface area (Å²) in [7, 11) is 0. The van der Waals surface area contributed by atoms with Crippen molar-refractivity contribution < 1.29 is 9.59 Å². The van der Waals surface area contributed by atoms with Gasteiger partial charge < -0.3 is 4.90 Å². The van der Waals surface area contributed by atoms with E-state index in [-0.39, 0.29) is 11.8 Å². The highest BCUT2D eigenvalue weighted by molar-refractivity contribution is 6.11. The second-order valence-corrected chi connectivity index (χ2v) is 6.30.